The lowest BCUT2D eigenvalue weighted by molar-refractivity contribution is -0.137. The molecular formula is C18H15F3N2OS. The summed E-state index contributed by atoms with van der Waals surface area (Å²) in [6, 6.07) is 10.6. The largest absolute Gasteiger partial charge is 0.416 e. The molecular weight excluding hydrogens is 349 g/mol. The Hall–Kier alpha value is -2.28. The second-order valence-electron chi connectivity index (χ2n) is 5.83. The fraction of sp³-hybridized carbons (Fsp3) is 0.222. The van der Waals surface area contributed by atoms with E-state index in [0.29, 0.717) is 16.8 Å². The normalized spacial score (nSPS) is 15.1. The summed E-state index contributed by atoms with van der Waals surface area (Å²) < 4.78 is 38.7. The molecule has 2 aromatic rings. The topological polar surface area (TPSA) is 44.2 Å². The fourth-order valence-electron chi connectivity index (χ4n) is 2.73. The SMILES string of the molecule is Cc1ccc(Cc2cccc(C(F)(F)F)c2)c(N2C(=N)SCC2=O)c1. The van der Waals surface area contributed by atoms with E-state index in [1.165, 1.54) is 11.0 Å². The summed E-state index contributed by atoms with van der Waals surface area (Å²) in [6.45, 7) is 1.87. The lowest BCUT2D eigenvalue weighted by Crippen LogP contribution is -2.29. The molecule has 130 valence electrons. The number of hydrogen-bond donors (Lipinski definition) is 1. The highest BCUT2D eigenvalue weighted by molar-refractivity contribution is 8.15. The monoisotopic (exact) mass is 364 g/mol. The van der Waals surface area contributed by atoms with Crippen LogP contribution < -0.4 is 4.90 Å². The van der Waals surface area contributed by atoms with Crippen molar-refractivity contribution in [3.63, 3.8) is 0 Å². The Morgan fingerprint density at radius 1 is 1.20 bits per heavy atom. The van der Waals surface area contributed by atoms with E-state index in [9.17, 15) is 18.0 Å². The summed E-state index contributed by atoms with van der Waals surface area (Å²) in [5, 5.41) is 8.10. The number of nitrogens with zero attached hydrogens (tertiary/aromatic N) is 1. The average Bonchev–Trinajstić information content (AvgIpc) is 2.87. The number of hydrogen-bond acceptors (Lipinski definition) is 3. The van der Waals surface area contributed by atoms with Crippen molar-refractivity contribution in [1.29, 1.82) is 5.41 Å². The first-order valence-electron chi connectivity index (χ1n) is 7.55. The maximum Gasteiger partial charge on any atom is 0.416 e. The van der Waals surface area contributed by atoms with Gasteiger partial charge >= 0.3 is 6.18 Å². The number of halogens is 3. The van der Waals surface area contributed by atoms with E-state index < -0.39 is 11.7 Å². The molecule has 1 heterocycles. The lowest BCUT2D eigenvalue weighted by Gasteiger charge is -2.20. The minimum absolute atomic E-state index is 0.140. The number of benzene rings is 2. The number of anilines is 1. The Bertz CT molecular complexity index is 832. The van der Waals surface area contributed by atoms with Gasteiger partial charge in [0.05, 0.1) is 17.0 Å². The fourth-order valence-corrected chi connectivity index (χ4v) is 3.44. The Labute approximate surface area is 147 Å². The quantitative estimate of drug-likeness (QED) is 0.864. The van der Waals surface area contributed by atoms with E-state index in [1.807, 2.05) is 13.0 Å². The van der Waals surface area contributed by atoms with Gasteiger partial charge in [-0.3, -0.25) is 15.1 Å². The highest BCUT2D eigenvalue weighted by Gasteiger charge is 2.31. The van der Waals surface area contributed by atoms with Crippen molar-refractivity contribution in [1.82, 2.24) is 0 Å². The molecule has 1 aliphatic rings. The molecule has 0 aliphatic carbocycles. The maximum atomic E-state index is 12.9. The summed E-state index contributed by atoms with van der Waals surface area (Å²) in [7, 11) is 0. The highest BCUT2D eigenvalue weighted by Crippen LogP contribution is 2.33. The van der Waals surface area contributed by atoms with Crippen LogP contribution in [0.25, 0.3) is 0 Å². The first-order chi connectivity index (χ1) is 11.8. The van der Waals surface area contributed by atoms with Crippen LogP contribution in [-0.2, 0) is 17.4 Å². The van der Waals surface area contributed by atoms with E-state index in [0.717, 1.165) is 29.5 Å². The molecule has 0 atom stereocenters. The molecule has 0 radical (unpaired) electrons. The van der Waals surface area contributed by atoms with E-state index >= 15 is 0 Å². The summed E-state index contributed by atoms with van der Waals surface area (Å²) in [6.07, 6.45) is -4.14. The van der Waals surface area contributed by atoms with Gasteiger partial charge in [0.1, 0.15) is 0 Å². The van der Waals surface area contributed by atoms with Crippen molar-refractivity contribution in [2.45, 2.75) is 19.5 Å². The van der Waals surface area contributed by atoms with Gasteiger partial charge in [-0.15, -0.1) is 0 Å². The third kappa shape index (κ3) is 3.71. The zero-order valence-electron chi connectivity index (χ0n) is 13.4. The molecule has 0 bridgehead atoms. The molecule has 0 aromatic heterocycles. The molecule has 7 heteroatoms. The molecule has 1 fully saturated rings. The molecule has 2 aromatic carbocycles. The van der Waals surface area contributed by atoms with Crippen LogP contribution in [0.15, 0.2) is 42.5 Å². The van der Waals surface area contributed by atoms with Crippen molar-refractivity contribution in [3.05, 3.63) is 64.7 Å². The number of alkyl halides is 3. The van der Waals surface area contributed by atoms with Crippen LogP contribution in [0, 0.1) is 12.3 Å². The first kappa shape index (κ1) is 17.5. The van der Waals surface area contributed by atoms with E-state index in [4.69, 9.17) is 5.41 Å². The first-order valence-corrected chi connectivity index (χ1v) is 8.54. The number of thioether (sulfide) groups is 1. The van der Waals surface area contributed by atoms with Gasteiger partial charge in [-0.25, -0.2) is 0 Å². The van der Waals surface area contributed by atoms with Crippen molar-refractivity contribution < 1.29 is 18.0 Å². The molecule has 3 nitrogen and oxygen atoms in total. The molecule has 0 saturated carbocycles. The van der Waals surface area contributed by atoms with Crippen LogP contribution >= 0.6 is 11.8 Å². The third-order valence-electron chi connectivity index (χ3n) is 3.92. The van der Waals surface area contributed by atoms with Gasteiger partial charge < -0.3 is 0 Å². The zero-order chi connectivity index (χ0) is 18.2. The van der Waals surface area contributed by atoms with Crippen molar-refractivity contribution in [2.75, 3.05) is 10.7 Å². The molecule has 3 rings (SSSR count). The van der Waals surface area contributed by atoms with Crippen LogP contribution in [0.2, 0.25) is 0 Å². The van der Waals surface area contributed by atoms with Gasteiger partial charge in [0.2, 0.25) is 5.91 Å². The minimum Gasteiger partial charge on any atom is -0.278 e. The smallest absolute Gasteiger partial charge is 0.278 e. The molecule has 1 aliphatic heterocycles. The molecule has 1 amide bonds. The summed E-state index contributed by atoms with van der Waals surface area (Å²) in [4.78, 5) is 13.4. The van der Waals surface area contributed by atoms with Gasteiger partial charge in [0.25, 0.3) is 0 Å². The minimum atomic E-state index is -4.39. The van der Waals surface area contributed by atoms with Crippen molar-refractivity contribution in [3.8, 4) is 0 Å². The lowest BCUT2D eigenvalue weighted by atomic mass is 9.99. The molecule has 0 unspecified atom stereocenters. The Kier molecular flexibility index (Phi) is 4.60. The number of carbonyl (C=O) groups excluding carboxylic acids is 1. The second kappa shape index (κ2) is 6.55. The number of amidine groups is 1. The van der Waals surface area contributed by atoms with E-state index in [1.54, 1.807) is 18.2 Å². The van der Waals surface area contributed by atoms with Gasteiger partial charge in [-0.1, -0.05) is 42.1 Å². The number of amides is 1. The standard InChI is InChI=1S/C18H15F3N2OS/c1-11-5-6-13(15(7-11)23-16(24)10-25-17(23)22)8-12-3-2-4-14(9-12)18(19,20)21/h2-7,9,22H,8,10H2,1H3. The summed E-state index contributed by atoms with van der Waals surface area (Å²) in [5.41, 5.74) is 2.01. The van der Waals surface area contributed by atoms with Crippen LogP contribution in [0.1, 0.15) is 22.3 Å². The number of rotatable bonds is 3. The molecule has 0 spiro atoms. The third-order valence-corrected chi connectivity index (χ3v) is 4.76. The van der Waals surface area contributed by atoms with Crippen LogP contribution in [0.3, 0.4) is 0 Å². The molecule has 1 N–H and O–H groups in total. The Morgan fingerprint density at radius 3 is 2.60 bits per heavy atom. The number of aryl methyl sites for hydroxylation is 1. The number of carbonyl (C=O) groups is 1. The summed E-state index contributed by atoms with van der Waals surface area (Å²) >= 11 is 1.15. The molecule has 25 heavy (non-hydrogen) atoms. The Morgan fingerprint density at radius 2 is 1.96 bits per heavy atom. The van der Waals surface area contributed by atoms with Gasteiger partial charge in [0.15, 0.2) is 5.17 Å². The second-order valence-corrected chi connectivity index (χ2v) is 6.79. The van der Waals surface area contributed by atoms with Crippen molar-refractivity contribution >= 4 is 28.5 Å². The van der Waals surface area contributed by atoms with Crippen LogP contribution in [-0.4, -0.2) is 16.8 Å². The van der Waals surface area contributed by atoms with E-state index in [-0.39, 0.29) is 23.2 Å². The van der Waals surface area contributed by atoms with Crippen LogP contribution in [0.4, 0.5) is 18.9 Å². The number of nitrogens with one attached hydrogen (secondary N) is 1. The predicted octanol–water partition coefficient (Wildman–Crippen LogP) is 4.62. The Balaban J connectivity index is 1.99. The summed E-state index contributed by atoms with van der Waals surface area (Å²) in [5.74, 6) is 0.0152. The van der Waals surface area contributed by atoms with Gasteiger partial charge in [0, 0.05) is 0 Å². The van der Waals surface area contributed by atoms with Crippen molar-refractivity contribution in [2.24, 2.45) is 0 Å². The molecule has 1 saturated heterocycles. The maximum absolute atomic E-state index is 12.9. The zero-order valence-corrected chi connectivity index (χ0v) is 14.2. The van der Waals surface area contributed by atoms with Gasteiger partial charge in [-0.05, 0) is 42.2 Å². The predicted molar refractivity (Wildman–Crippen MR) is 93.1 cm³/mol. The average molecular weight is 364 g/mol. The van der Waals surface area contributed by atoms with E-state index in [2.05, 4.69) is 0 Å². The highest BCUT2D eigenvalue weighted by atomic mass is 32.2. The van der Waals surface area contributed by atoms with Crippen LogP contribution in [0.5, 0.6) is 0 Å². The van der Waals surface area contributed by atoms with Gasteiger partial charge in [-0.2, -0.15) is 13.2 Å².